The van der Waals surface area contributed by atoms with Crippen LogP contribution >= 0.6 is 0 Å². The van der Waals surface area contributed by atoms with Crippen molar-refractivity contribution in [2.75, 3.05) is 13.2 Å². The van der Waals surface area contributed by atoms with Crippen LogP contribution in [-0.4, -0.2) is 36.3 Å². The summed E-state index contributed by atoms with van der Waals surface area (Å²) in [7, 11) is 0. The standard InChI is InChI=1S/C25H25N3O5/c1-3-15-32-21-8-6-20(7-9-21)25(30)33-22-10-5-18(16-23(22)31-4-2)17-27-28-24(29)19-11-13-26-14-12-19/h5-14,16-17H,3-4,15H2,1-2H3,(H,28,29). The summed E-state index contributed by atoms with van der Waals surface area (Å²) in [6.07, 6.45) is 5.44. The van der Waals surface area contributed by atoms with Gasteiger partial charge in [0.1, 0.15) is 5.75 Å². The van der Waals surface area contributed by atoms with Gasteiger partial charge >= 0.3 is 5.97 Å². The Morgan fingerprint density at radius 2 is 1.70 bits per heavy atom. The number of aromatic nitrogens is 1. The van der Waals surface area contributed by atoms with Gasteiger partial charge in [-0.25, -0.2) is 10.2 Å². The van der Waals surface area contributed by atoms with E-state index in [4.69, 9.17) is 14.2 Å². The molecule has 2 aromatic carbocycles. The molecule has 0 aliphatic rings. The van der Waals surface area contributed by atoms with Crippen molar-refractivity contribution in [1.82, 2.24) is 10.4 Å². The molecule has 0 unspecified atom stereocenters. The number of rotatable bonds is 10. The first-order valence-corrected chi connectivity index (χ1v) is 10.6. The van der Waals surface area contributed by atoms with Gasteiger partial charge in [0.2, 0.25) is 0 Å². The molecule has 0 bridgehead atoms. The van der Waals surface area contributed by atoms with E-state index in [0.717, 1.165) is 6.42 Å². The molecule has 1 heterocycles. The third-order valence-corrected chi connectivity index (χ3v) is 4.36. The number of carbonyl (C=O) groups is 2. The van der Waals surface area contributed by atoms with Crippen LogP contribution in [0.25, 0.3) is 0 Å². The lowest BCUT2D eigenvalue weighted by atomic mass is 10.2. The van der Waals surface area contributed by atoms with Gasteiger partial charge in [-0.15, -0.1) is 0 Å². The third kappa shape index (κ3) is 6.90. The van der Waals surface area contributed by atoms with Crippen LogP contribution in [0.15, 0.2) is 72.1 Å². The topological polar surface area (TPSA) is 99.1 Å². The van der Waals surface area contributed by atoms with Crippen LogP contribution in [0.5, 0.6) is 17.2 Å². The summed E-state index contributed by atoms with van der Waals surface area (Å²) in [4.78, 5) is 28.5. The molecule has 1 aromatic heterocycles. The number of nitrogens with zero attached hydrogens (tertiary/aromatic N) is 2. The van der Waals surface area contributed by atoms with Crippen LogP contribution in [0.2, 0.25) is 0 Å². The van der Waals surface area contributed by atoms with Gasteiger partial charge in [-0.3, -0.25) is 9.78 Å². The first-order chi connectivity index (χ1) is 16.1. The van der Waals surface area contributed by atoms with Crippen molar-refractivity contribution in [3.05, 3.63) is 83.7 Å². The van der Waals surface area contributed by atoms with Gasteiger partial charge < -0.3 is 14.2 Å². The fourth-order valence-corrected chi connectivity index (χ4v) is 2.76. The largest absolute Gasteiger partial charge is 0.494 e. The maximum Gasteiger partial charge on any atom is 0.343 e. The SMILES string of the molecule is CCCOc1ccc(C(=O)Oc2ccc(C=NNC(=O)c3ccncc3)cc2OCC)cc1. The van der Waals surface area contributed by atoms with Crippen LogP contribution in [0.1, 0.15) is 46.5 Å². The van der Waals surface area contributed by atoms with Crippen molar-refractivity contribution in [1.29, 1.82) is 0 Å². The Bertz CT molecular complexity index is 1100. The Morgan fingerprint density at radius 1 is 0.939 bits per heavy atom. The molecule has 170 valence electrons. The highest BCUT2D eigenvalue weighted by atomic mass is 16.6. The predicted octanol–water partition coefficient (Wildman–Crippen LogP) is 4.25. The second kappa shape index (κ2) is 12.0. The molecule has 3 rings (SSSR count). The first kappa shape index (κ1) is 23.5. The molecule has 0 radical (unpaired) electrons. The van der Waals surface area contributed by atoms with Crippen LogP contribution in [-0.2, 0) is 0 Å². The van der Waals surface area contributed by atoms with E-state index in [2.05, 4.69) is 15.5 Å². The number of hydrazone groups is 1. The molecule has 0 saturated carbocycles. The van der Waals surface area contributed by atoms with Crippen molar-refractivity contribution >= 4 is 18.1 Å². The minimum atomic E-state index is -0.510. The van der Waals surface area contributed by atoms with Crippen molar-refractivity contribution in [3.8, 4) is 17.2 Å². The molecule has 8 nitrogen and oxygen atoms in total. The highest BCUT2D eigenvalue weighted by Crippen LogP contribution is 2.29. The summed E-state index contributed by atoms with van der Waals surface area (Å²) in [5.41, 5.74) is 3.95. The van der Waals surface area contributed by atoms with Crippen molar-refractivity contribution < 1.29 is 23.8 Å². The quantitative estimate of drug-likeness (QED) is 0.216. The zero-order valence-corrected chi connectivity index (χ0v) is 18.5. The molecular formula is C25H25N3O5. The molecule has 1 amide bonds. The molecule has 0 saturated heterocycles. The van der Waals surface area contributed by atoms with Crippen LogP contribution in [0, 0.1) is 0 Å². The smallest absolute Gasteiger partial charge is 0.343 e. The van der Waals surface area contributed by atoms with Gasteiger partial charge in [0.25, 0.3) is 5.91 Å². The molecule has 8 heteroatoms. The Balaban J connectivity index is 1.66. The molecule has 1 N–H and O–H groups in total. The number of hydrogen-bond donors (Lipinski definition) is 1. The summed E-state index contributed by atoms with van der Waals surface area (Å²) in [6.45, 7) is 4.85. The zero-order valence-electron chi connectivity index (χ0n) is 18.5. The summed E-state index contributed by atoms with van der Waals surface area (Å²) < 4.78 is 16.7. The number of carbonyl (C=O) groups excluding carboxylic acids is 2. The number of amides is 1. The average molecular weight is 447 g/mol. The van der Waals surface area contributed by atoms with Gasteiger partial charge in [-0.2, -0.15) is 5.10 Å². The number of pyridine rings is 1. The number of esters is 1. The van der Waals surface area contributed by atoms with Crippen LogP contribution < -0.4 is 19.6 Å². The molecule has 33 heavy (non-hydrogen) atoms. The Hall–Kier alpha value is -4.20. The van der Waals surface area contributed by atoms with Crippen LogP contribution in [0.3, 0.4) is 0 Å². The minimum absolute atomic E-state index is 0.283. The van der Waals surface area contributed by atoms with Gasteiger partial charge in [0.15, 0.2) is 11.5 Å². The molecule has 3 aromatic rings. The molecule has 0 atom stereocenters. The Morgan fingerprint density at radius 3 is 2.39 bits per heavy atom. The Labute approximate surface area is 192 Å². The van der Waals surface area contributed by atoms with Gasteiger partial charge in [0.05, 0.1) is 25.0 Å². The average Bonchev–Trinajstić information content (AvgIpc) is 2.85. The fraction of sp³-hybridized carbons (Fsp3) is 0.200. The highest BCUT2D eigenvalue weighted by molar-refractivity contribution is 5.95. The van der Waals surface area contributed by atoms with E-state index < -0.39 is 5.97 Å². The van der Waals surface area contributed by atoms with E-state index in [0.29, 0.717) is 41.4 Å². The van der Waals surface area contributed by atoms with Gasteiger partial charge in [0, 0.05) is 18.0 Å². The number of ether oxygens (including phenoxy) is 3. The van der Waals surface area contributed by atoms with E-state index in [1.807, 2.05) is 13.8 Å². The predicted molar refractivity (Wildman–Crippen MR) is 124 cm³/mol. The lowest BCUT2D eigenvalue weighted by molar-refractivity contribution is 0.0728. The highest BCUT2D eigenvalue weighted by Gasteiger charge is 2.13. The second-order valence-electron chi connectivity index (χ2n) is 6.84. The fourth-order valence-electron chi connectivity index (χ4n) is 2.76. The van der Waals surface area contributed by atoms with Gasteiger partial charge in [-0.05, 0) is 73.5 Å². The Kier molecular flexibility index (Phi) is 8.53. The first-order valence-electron chi connectivity index (χ1n) is 10.6. The summed E-state index contributed by atoms with van der Waals surface area (Å²) in [5, 5.41) is 3.97. The maximum atomic E-state index is 12.6. The lowest BCUT2D eigenvalue weighted by Crippen LogP contribution is -2.17. The monoisotopic (exact) mass is 447 g/mol. The third-order valence-electron chi connectivity index (χ3n) is 4.36. The normalized spacial score (nSPS) is 10.6. The minimum Gasteiger partial charge on any atom is -0.494 e. The number of benzene rings is 2. The number of hydrogen-bond acceptors (Lipinski definition) is 7. The van der Waals surface area contributed by atoms with E-state index >= 15 is 0 Å². The summed E-state index contributed by atoms with van der Waals surface area (Å²) in [6, 6.07) is 14.9. The summed E-state index contributed by atoms with van der Waals surface area (Å²) in [5.74, 6) is 0.506. The van der Waals surface area contributed by atoms with E-state index in [1.165, 1.54) is 18.6 Å². The van der Waals surface area contributed by atoms with Crippen molar-refractivity contribution in [2.24, 2.45) is 5.10 Å². The molecule has 0 fully saturated rings. The number of nitrogens with one attached hydrogen (secondary N) is 1. The maximum absolute atomic E-state index is 12.6. The second-order valence-corrected chi connectivity index (χ2v) is 6.84. The van der Waals surface area contributed by atoms with Gasteiger partial charge in [-0.1, -0.05) is 6.92 Å². The van der Waals surface area contributed by atoms with Crippen molar-refractivity contribution in [2.45, 2.75) is 20.3 Å². The van der Waals surface area contributed by atoms with Crippen molar-refractivity contribution in [3.63, 3.8) is 0 Å². The van der Waals surface area contributed by atoms with E-state index in [1.54, 1.807) is 54.6 Å². The van der Waals surface area contributed by atoms with Crippen LogP contribution in [0.4, 0.5) is 0 Å². The molecule has 0 aliphatic carbocycles. The lowest BCUT2D eigenvalue weighted by Gasteiger charge is -2.12. The molecule has 0 aliphatic heterocycles. The van der Waals surface area contributed by atoms with E-state index in [9.17, 15) is 9.59 Å². The molecule has 0 spiro atoms. The van der Waals surface area contributed by atoms with E-state index in [-0.39, 0.29) is 11.7 Å². The molecular weight excluding hydrogens is 422 g/mol. The summed E-state index contributed by atoms with van der Waals surface area (Å²) >= 11 is 0. The zero-order chi connectivity index (χ0) is 23.5.